The molecule has 0 saturated carbocycles. The summed E-state index contributed by atoms with van der Waals surface area (Å²) in [6.45, 7) is 4.51. The number of benzene rings is 1. The molecule has 0 bridgehead atoms. The average molecular weight is 146 g/mol. The second-order valence-electron chi connectivity index (χ2n) is 3.52. The molecule has 0 spiro atoms. The Morgan fingerprint density at radius 2 is 1.91 bits per heavy atom. The van der Waals surface area contributed by atoms with Crippen molar-refractivity contribution in [1.82, 2.24) is 0 Å². The van der Waals surface area contributed by atoms with Crippen LogP contribution in [0.3, 0.4) is 0 Å². The zero-order valence-electron chi connectivity index (χ0n) is 7.59. The first kappa shape index (κ1) is 8.38. The Morgan fingerprint density at radius 1 is 1.27 bits per heavy atom. The third kappa shape index (κ3) is 2.41. The molecule has 1 rings (SSSR count). The van der Waals surface area contributed by atoms with E-state index >= 15 is 0 Å². The Labute approximate surface area is 70.0 Å². The molecule has 0 aromatic heterocycles. The molecule has 11 heavy (non-hydrogen) atoms. The SMILES string of the molecule is Bc1ccccc1CC(C)C. The van der Waals surface area contributed by atoms with Gasteiger partial charge in [0.25, 0.3) is 0 Å². The Hall–Kier alpha value is -0.715. The van der Waals surface area contributed by atoms with Gasteiger partial charge in [-0.15, -0.1) is 0 Å². The van der Waals surface area contributed by atoms with Crippen molar-refractivity contribution in [3.8, 4) is 0 Å². The van der Waals surface area contributed by atoms with Gasteiger partial charge in [0.15, 0.2) is 0 Å². The first-order valence-corrected chi connectivity index (χ1v) is 4.24. The highest BCUT2D eigenvalue weighted by atomic mass is 14.0. The lowest BCUT2D eigenvalue weighted by molar-refractivity contribution is 0.649. The maximum Gasteiger partial charge on any atom is 0.139 e. The maximum atomic E-state index is 2.26. The zero-order valence-corrected chi connectivity index (χ0v) is 7.59. The van der Waals surface area contributed by atoms with Gasteiger partial charge in [-0.1, -0.05) is 49.1 Å². The van der Waals surface area contributed by atoms with Gasteiger partial charge in [0.2, 0.25) is 0 Å². The van der Waals surface area contributed by atoms with E-state index in [1.54, 1.807) is 0 Å². The molecule has 0 aliphatic rings. The van der Waals surface area contributed by atoms with Crippen LogP contribution >= 0.6 is 0 Å². The van der Waals surface area contributed by atoms with E-state index < -0.39 is 0 Å². The Balaban J connectivity index is 2.78. The maximum absolute atomic E-state index is 2.26. The van der Waals surface area contributed by atoms with Crippen molar-refractivity contribution < 1.29 is 0 Å². The van der Waals surface area contributed by atoms with Crippen molar-refractivity contribution in [2.45, 2.75) is 20.3 Å². The third-order valence-corrected chi connectivity index (χ3v) is 1.89. The van der Waals surface area contributed by atoms with Crippen LogP contribution in [0, 0.1) is 5.92 Å². The predicted octanol–water partition coefficient (Wildman–Crippen LogP) is 1.14. The molecule has 58 valence electrons. The second-order valence-corrected chi connectivity index (χ2v) is 3.52. The lowest BCUT2D eigenvalue weighted by Gasteiger charge is -2.07. The van der Waals surface area contributed by atoms with Crippen LogP contribution in [0.15, 0.2) is 24.3 Å². The summed E-state index contributed by atoms with van der Waals surface area (Å²) in [6, 6.07) is 8.61. The highest BCUT2D eigenvalue weighted by Crippen LogP contribution is 2.03. The van der Waals surface area contributed by atoms with Gasteiger partial charge in [-0.05, 0) is 12.3 Å². The minimum Gasteiger partial charge on any atom is -0.0858 e. The first-order valence-electron chi connectivity index (χ1n) is 4.24. The van der Waals surface area contributed by atoms with Crippen LogP contribution in [0.25, 0.3) is 0 Å². The first-order chi connectivity index (χ1) is 5.20. The van der Waals surface area contributed by atoms with E-state index in [1.807, 2.05) is 0 Å². The van der Waals surface area contributed by atoms with E-state index in [-0.39, 0.29) is 0 Å². The summed E-state index contributed by atoms with van der Waals surface area (Å²) in [5.41, 5.74) is 2.91. The summed E-state index contributed by atoms with van der Waals surface area (Å²) < 4.78 is 0. The lowest BCUT2D eigenvalue weighted by Crippen LogP contribution is -2.11. The lowest BCUT2D eigenvalue weighted by atomic mass is 9.87. The highest BCUT2D eigenvalue weighted by molar-refractivity contribution is 6.33. The molecule has 0 aliphatic carbocycles. The molecular formula is C10H15B. The number of hydrogen-bond donors (Lipinski definition) is 0. The van der Waals surface area contributed by atoms with Crippen molar-refractivity contribution >= 4 is 13.3 Å². The normalized spacial score (nSPS) is 10.5. The molecule has 0 nitrogen and oxygen atoms in total. The fourth-order valence-corrected chi connectivity index (χ4v) is 1.28. The van der Waals surface area contributed by atoms with Crippen LogP contribution in [0.4, 0.5) is 0 Å². The van der Waals surface area contributed by atoms with Gasteiger partial charge in [0.05, 0.1) is 0 Å². The number of hydrogen-bond acceptors (Lipinski definition) is 0. The molecule has 0 heterocycles. The van der Waals surface area contributed by atoms with Crippen molar-refractivity contribution in [2.75, 3.05) is 0 Å². The summed E-state index contributed by atoms with van der Waals surface area (Å²) >= 11 is 0. The zero-order chi connectivity index (χ0) is 8.27. The minimum atomic E-state index is 0.760. The van der Waals surface area contributed by atoms with E-state index in [0.29, 0.717) is 0 Å². The van der Waals surface area contributed by atoms with Crippen LogP contribution in [0.1, 0.15) is 19.4 Å². The Kier molecular flexibility index (Phi) is 2.75. The van der Waals surface area contributed by atoms with Gasteiger partial charge in [0, 0.05) is 0 Å². The summed E-state index contributed by atoms with van der Waals surface area (Å²) in [4.78, 5) is 0. The van der Waals surface area contributed by atoms with E-state index in [4.69, 9.17) is 0 Å². The van der Waals surface area contributed by atoms with Gasteiger partial charge in [-0.25, -0.2) is 0 Å². The van der Waals surface area contributed by atoms with Gasteiger partial charge in [-0.3, -0.25) is 0 Å². The van der Waals surface area contributed by atoms with Crippen LogP contribution in [0.5, 0.6) is 0 Å². The van der Waals surface area contributed by atoms with E-state index in [1.165, 1.54) is 17.4 Å². The molecule has 0 amide bonds. The predicted molar refractivity (Wildman–Crippen MR) is 53.2 cm³/mol. The third-order valence-electron chi connectivity index (χ3n) is 1.89. The second kappa shape index (κ2) is 3.61. The molecule has 1 aromatic carbocycles. The summed E-state index contributed by atoms with van der Waals surface area (Å²) in [6.07, 6.45) is 1.20. The van der Waals surface area contributed by atoms with Crippen LogP contribution in [-0.4, -0.2) is 7.85 Å². The molecule has 0 aliphatic heterocycles. The molecule has 0 N–H and O–H groups in total. The van der Waals surface area contributed by atoms with Gasteiger partial charge < -0.3 is 0 Å². The smallest absolute Gasteiger partial charge is 0.0858 e. The average Bonchev–Trinajstić information content (AvgIpc) is 1.93. The van der Waals surface area contributed by atoms with Crippen LogP contribution < -0.4 is 5.46 Å². The molecule has 0 saturated heterocycles. The van der Waals surface area contributed by atoms with Gasteiger partial charge >= 0.3 is 0 Å². The standard InChI is InChI=1S/C10H15B/c1-8(2)7-9-5-3-4-6-10(9)11/h3-6,8H,7,11H2,1-2H3. The van der Waals surface area contributed by atoms with E-state index in [9.17, 15) is 0 Å². The molecule has 1 heteroatoms. The van der Waals surface area contributed by atoms with Crippen LogP contribution in [-0.2, 0) is 6.42 Å². The molecule has 0 atom stereocenters. The monoisotopic (exact) mass is 146 g/mol. The molecular weight excluding hydrogens is 131 g/mol. The molecule has 0 fully saturated rings. The van der Waals surface area contributed by atoms with Gasteiger partial charge in [-0.2, -0.15) is 0 Å². The number of rotatable bonds is 2. The van der Waals surface area contributed by atoms with Crippen molar-refractivity contribution in [3.63, 3.8) is 0 Å². The summed E-state index contributed by atoms with van der Waals surface area (Å²) in [7, 11) is 2.18. The largest absolute Gasteiger partial charge is 0.139 e. The van der Waals surface area contributed by atoms with E-state index in [2.05, 4.69) is 46.0 Å². The summed E-state index contributed by atoms with van der Waals surface area (Å²) in [5, 5.41) is 0. The fraction of sp³-hybridized carbons (Fsp3) is 0.400. The Morgan fingerprint density at radius 3 is 2.45 bits per heavy atom. The topological polar surface area (TPSA) is 0 Å². The van der Waals surface area contributed by atoms with Crippen LogP contribution in [0.2, 0.25) is 0 Å². The van der Waals surface area contributed by atoms with Crippen molar-refractivity contribution in [1.29, 1.82) is 0 Å². The molecule has 1 aromatic rings. The fourth-order valence-electron chi connectivity index (χ4n) is 1.28. The Bertz CT molecular complexity index is 228. The quantitative estimate of drug-likeness (QED) is 0.549. The van der Waals surface area contributed by atoms with Gasteiger partial charge in [0.1, 0.15) is 7.85 Å². The summed E-state index contributed by atoms with van der Waals surface area (Å²) in [5.74, 6) is 0.760. The highest BCUT2D eigenvalue weighted by Gasteiger charge is 1.98. The van der Waals surface area contributed by atoms with Crippen molar-refractivity contribution in [3.05, 3.63) is 29.8 Å². The van der Waals surface area contributed by atoms with Crippen molar-refractivity contribution in [2.24, 2.45) is 5.92 Å². The molecule has 0 radical (unpaired) electrons. The van der Waals surface area contributed by atoms with E-state index in [0.717, 1.165) is 5.92 Å². The molecule has 0 unspecified atom stereocenters. The minimum absolute atomic E-state index is 0.760.